The Morgan fingerprint density at radius 1 is 1.37 bits per heavy atom. The molecule has 1 atom stereocenters. The summed E-state index contributed by atoms with van der Waals surface area (Å²) < 4.78 is 0. The first-order valence-electron chi connectivity index (χ1n) is 6.51. The molecule has 19 heavy (non-hydrogen) atoms. The zero-order valence-electron chi connectivity index (χ0n) is 10.9. The second kappa shape index (κ2) is 5.73. The van der Waals surface area contributed by atoms with Crippen molar-refractivity contribution in [2.45, 2.75) is 32.2 Å². The van der Waals surface area contributed by atoms with Crippen molar-refractivity contribution in [1.82, 2.24) is 4.90 Å². The van der Waals surface area contributed by atoms with Crippen LogP contribution in [-0.2, 0) is 11.2 Å². The van der Waals surface area contributed by atoms with Gasteiger partial charge in [0.2, 0.25) is 0 Å². The van der Waals surface area contributed by atoms with Crippen LogP contribution >= 0.6 is 0 Å². The normalized spacial score (nSPS) is 18.4. The fourth-order valence-corrected chi connectivity index (χ4v) is 2.29. The van der Waals surface area contributed by atoms with Gasteiger partial charge >= 0.3 is 12.0 Å². The van der Waals surface area contributed by atoms with Crippen molar-refractivity contribution < 1.29 is 14.7 Å². The lowest BCUT2D eigenvalue weighted by Crippen LogP contribution is -2.42. The third-order valence-corrected chi connectivity index (χ3v) is 3.41. The third kappa shape index (κ3) is 3.05. The van der Waals surface area contributed by atoms with Crippen LogP contribution in [0, 0.1) is 0 Å². The van der Waals surface area contributed by atoms with E-state index in [1.807, 2.05) is 24.3 Å². The van der Waals surface area contributed by atoms with Crippen molar-refractivity contribution in [3.8, 4) is 0 Å². The first-order chi connectivity index (χ1) is 9.11. The molecule has 0 spiro atoms. The predicted molar refractivity (Wildman–Crippen MR) is 72.2 cm³/mol. The molecule has 1 aromatic carbocycles. The number of aliphatic carboxylic acids is 1. The summed E-state index contributed by atoms with van der Waals surface area (Å²) in [6.07, 6.45) is 2.21. The quantitative estimate of drug-likeness (QED) is 0.878. The molecule has 1 heterocycles. The number of amides is 2. The lowest BCUT2D eigenvalue weighted by Gasteiger charge is -2.21. The number of carboxylic acid groups (broad SMARTS) is 1. The Hall–Kier alpha value is -2.04. The van der Waals surface area contributed by atoms with E-state index in [0.29, 0.717) is 18.7 Å². The highest BCUT2D eigenvalue weighted by Gasteiger charge is 2.33. The molecule has 0 aromatic heterocycles. The Kier molecular flexibility index (Phi) is 4.04. The number of likely N-dealkylation sites (tertiary alicyclic amines) is 1. The van der Waals surface area contributed by atoms with Crippen molar-refractivity contribution in [1.29, 1.82) is 0 Å². The average molecular weight is 262 g/mol. The van der Waals surface area contributed by atoms with Gasteiger partial charge in [-0.25, -0.2) is 9.59 Å². The van der Waals surface area contributed by atoms with Crippen LogP contribution in [0.15, 0.2) is 24.3 Å². The number of nitrogens with zero attached hydrogens (tertiary/aromatic N) is 1. The summed E-state index contributed by atoms with van der Waals surface area (Å²) in [6.45, 7) is 2.56. The Bertz CT molecular complexity index is 470. The number of carbonyl (C=O) groups is 2. The Labute approximate surface area is 112 Å². The number of urea groups is 1. The summed E-state index contributed by atoms with van der Waals surface area (Å²) in [6, 6.07) is 6.54. The van der Waals surface area contributed by atoms with Crippen molar-refractivity contribution in [3.63, 3.8) is 0 Å². The molecule has 5 heteroatoms. The Balaban J connectivity index is 2.01. The topological polar surface area (TPSA) is 69.6 Å². The van der Waals surface area contributed by atoms with Gasteiger partial charge in [-0.2, -0.15) is 0 Å². The number of hydrogen-bond acceptors (Lipinski definition) is 2. The van der Waals surface area contributed by atoms with Crippen LogP contribution in [0.3, 0.4) is 0 Å². The van der Waals surface area contributed by atoms with Gasteiger partial charge in [-0.05, 0) is 37.0 Å². The van der Waals surface area contributed by atoms with E-state index in [1.165, 1.54) is 10.5 Å². The Morgan fingerprint density at radius 2 is 2.05 bits per heavy atom. The largest absolute Gasteiger partial charge is 0.480 e. The summed E-state index contributed by atoms with van der Waals surface area (Å²) in [5.74, 6) is -0.936. The molecular formula is C14H18N2O3. The first-order valence-corrected chi connectivity index (χ1v) is 6.51. The molecule has 0 bridgehead atoms. The summed E-state index contributed by atoms with van der Waals surface area (Å²) >= 11 is 0. The number of aryl methyl sites for hydroxylation is 1. The fourth-order valence-electron chi connectivity index (χ4n) is 2.29. The van der Waals surface area contributed by atoms with Crippen LogP contribution in [0.25, 0.3) is 0 Å². The predicted octanol–water partition coefficient (Wildman–Crippen LogP) is 2.33. The molecule has 2 rings (SSSR count). The number of benzene rings is 1. The van der Waals surface area contributed by atoms with Crippen molar-refractivity contribution in [2.24, 2.45) is 0 Å². The van der Waals surface area contributed by atoms with Crippen molar-refractivity contribution in [3.05, 3.63) is 29.8 Å². The highest BCUT2D eigenvalue weighted by Crippen LogP contribution is 2.19. The summed E-state index contributed by atoms with van der Waals surface area (Å²) in [5, 5.41) is 11.8. The number of anilines is 1. The minimum absolute atomic E-state index is 0.339. The van der Waals surface area contributed by atoms with E-state index in [2.05, 4.69) is 12.2 Å². The van der Waals surface area contributed by atoms with E-state index in [1.54, 1.807) is 0 Å². The molecule has 102 valence electrons. The molecule has 0 aliphatic carbocycles. The second-order valence-electron chi connectivity index (χ2n) is 4.67. The first kappa shape index (κ1) is 13.4. The van der Waals surface area contributed by atoms with Crippen molar-refractivity contribution in [2.75, 3.05) is 11.9 Å². The number of carbonyl (C=O) groups excluding carboxylic acids is 1. The van der Waals surface area contributed by atoms with Crippen LogP contribution in [0.4, 0.5) is 10.5 Å². The van der Waals surface area contributed by atoms with Crippen molar-refractivity contribution >= 4 is 17.7 Å². The number of hydrogen-bond donors (Lipinski definition) is 2. The highest BCUT2D eigenvalue weighted by molar-refractivity contribution is 5.92. The van der Waals surface area contributed by atoms with Crippen LogP contribution < -0.4 is 5.32 Å². The maximum Gasteiger partial charge on any atom is 0.326 e. The molecule has 0 radical (unpaired) electrons. The van der Waals surface area contributed by atoms with E-state index in [0.717, 1.165) is 12.8 Å². The van der Waals surface area contributed by atoms with Crippen LogP contribution in [0.1, 0.15) is 25.3 Å². The van der Waals surface area contributed by atoms with E-state index < -0.39 is 12.0 Å². The van der Waals surface area contributed by atoms with Gasteiger partial charge in [0.25, 0.3) is 0 Å². The van der Waals surface area contributed by atoms with E-state index >= 15 is 0 Å². The van der Waals surface area contributed by atoms with Crippen LogP contribution in [-0.4, -0.2) is 34.6 Å². The minimum Gasteiger partial charge on any atom is -0.480 e. The minimum atomic E-state index is -0.936. The van der Waals surface area contributed by atoms with Gasteiger partial charge in [0.1, 0.15) is 6.04 Å². The molecule has 2 amide bonds. The zero-order valence-corrected chi connectivity index (χ0v) is 10.9. The van der Waals surface area contributed by atoms with Gasteiger partial charge in [-0.1, -0.05) is 19.1 Å². The lowest BCUT2D eigenvalue weighted by atomic mass is 10.1. The van der Waals surface area contributed by atoms with Gasteiger partial charge in [-0.3, -0.25) is 0 Å². The number of carboxylic acids is 1. The summed E-state index contributed by atoms with van der Waals surface area (Å²) in [5.41, 5.74) is 1.89. The molecule has 1 aliphatic rings. The third-order valence-electron chi connectivity index (χ3n) is 3.41. The van der Waals surface area contributed by atoms with Crippen LogP contribution in [0.5, 0.6) is 0 Å². The molecular weight excluding hydrogens is 244 g/mol. The molecule has 1 aliphatic heterocycles. The standard InChI is InChI=1S/C14H18N2O3/c1-2-10-5-7-11(8-6-10)15-14(19)16-9-3-4-12(16)13(17)18/h5-8,12H,2-4,9H2,1H3,(H,15,19)(H,17,18)/t12-/m1/s1. The van der Waals surface area contributed by atoms with Gasteiger partial charge in [-0.15, -0.1) is 0 Å². The van der Waals surface area contributed by atoms with Gasteiger partial charge in [0.15, 0.2) is 0 Å². The molecule has 1 aromatic rings. The molecule has 0 unspecified atom stereocenters. The SMILES string of the molecule is CCc1ccc(NC(=O)N2CCC[C@@H]2C(=O)O)cc1. The van der Waals surface area contributed by atoms with E-state index in [4.69, 9.17) is 5.11 Å². The fraction of sp³-hybridized carbons (Fsp3) is 0.429. The smallest absolute Gasteiger partial charge is 0.326 e. The molecule has 1 fully saturated rings. The number of rotatable bonds is 3. The highest BCUT2D eigenvalue weighted by atomic mass is 16.4. The summed E-state index contributed by atoms with van der Waals surface area (Å²) in [4.78, 5) is 24.5. The molecule has 5 nitrogen and oxygen atoms in total. The zero-order chi connectivity index (χ0) is 13.8. The van der Waals surface area contributed by atoms with E-state index in [-0.39, 0.29) is 6.03 Å². The van der Waals surface area contributed by atoms with E-state index in [9.17, 15) is 9.59 Å². The van der Waals surface area contributed by atoms with Crippen LogP contribution in [0.2, 0.25) is 0 Å². The molecule has 0 saturated carbocycles. The number of nitrogens with one attached hydrogen (secondary N) is 1. The monoisotopic (exact) mass is 262 g/mol. The van der Waals surface area contributed by atoms with Gasteiger partial charge in [0, 0.05) is 12.2 Å². The lowest BCUT2D eigenvalue weighted by molar-refractivity contribution is -0.141. The second-order valence-corrected chi connectivity index (χ2v) is 4.67. The van der Waals surface area contributed by atoms with Gasteiger partial charge in [0.05, 0.1) is 0 Å². The van der Waals surface area contributed by atoms with Gasteiger partial charge < -0.3 is 15.3 Å². The molecule has 2 N–H and O–H groups in total. The Morgan fingerprint density at radius 3 is 2.63 bits per heavy atom. The maximum atomic E-state index is 12.0. The molecule has 1 saturated heterocycles. The summed E-state index contributed by atoms with van der Waals surface area (Å²) in [7, 11) is 0. The maximum absolute atomic E-state index is 12.0. The average Bonchev–Trinajstić information content (AvgIpc) is 2.89.